The summed E-state index contributed by atoms with van der Waals surface area (Å²) in [6.07, 6.45) is 1.00. The van der Waals surface area contributed by atoms with Crippen molar-refractivity contribution in [2.24, 2.45) is 13.0 Å². The van der Waals surface area contributed by atoms with Gasteiger partial charge in [-0.3, -0.25) is 14.5 Å². The molecule has 51 heavy (non-hydrogen) atoms. The Kier molecular flexibility index (Phi) is 9.55. The van der Waals surface area contributed by atoms with Gasteiger partial charge in [0.05, 0.1) is 29.4 Å². The number of imidazole rings is 1. The minimum absolute atomic E-state index is 0.150. The molecule has 7 rings (SSSR count). The Morgan fingerprint density at radius 3 is 2.43 bits per heavy atom. The molecule has 0 radical (unpaired) electrons. The molecule has 9 nitrogen and oxygen atoms in total. The average Bonchev–Trinajstić information content (AvgIpc) is 3.85. The largest absolute Gasteiger partial charge is 0.479 e. The molecule has 1 amide bonds. The van der Waals surface area contributed by atoms with Crippen molar-refractivity contribution in [3.63, 3.8) is 0 Å². The smallest absolute Gasteiger partial charge is 0.310 e. The molecule has 0 spiro atoms. The quantitative estimate of drug-likeness (QED) is 0.125. The number of carbonyl (C=O) groups is 2. The van der Waals surface area contributed by atoms with Gasteiger partial charge in [-0.1, -0.05) is 41.9 Å². The third-order valence-electron chi connectivity index (χ3n) is 10.2. The monoisotopic (exact) mass is 725 g/mol. The zero-order valence-electron chi connectivity index (χ0n) is 28.3. The second-order valence-corrected chi connectivity index (χ2v) is 13.7. The van der Waals surface area contributed by atoms with Crippen molar-refractivity contribution in [2.45, 2.75) is 44.9 Å². The zero-order valence-corrected chi connectivity index (χ0v) is 29.1. The Labute approximate surface area is 297 Å². The highest BCUT2D eigenvalue weighted by Gasteiger charge is 2.35. The zero-order chi connectivity index (χ0) is 36.1. The Hall–Kier alpha value is -4.46. The summed E-state index contributed by atoms with van der Waals surface area (Å²) in [7, 11) is 5.08. The number of carbonyl (C=O) groups excluding carboxylic acids is 2. The van der Waals surface area contributed by atoms with Crippen LogP contribution in [0.25, 0.3) is 11.1 Å². The fraction of sp³-hybridized carbons (Fsp3) is 0.378. The van der Waals surface area contributed by atoms with Gasteiger partial charge >= 0.3 is 5.97 Å². The molecule has 4 aromatic rings. The number of aromatic nitrogens is 2. The van der Waals surface area contributed by atoms with Crippen LogP contribution in [0.3, 0.4) is 0 Å². The standard InChI is InChI=1S/C37H36ClF4N5O4/c1-45-14-13-27-26(18-45)43-35(46(27)2)36(48)44-25-9-5-8-23(29(25)38)20-6-4-7-22-21(20)10-11-28(22)51-34-32(41)30(39)24(31(40)33(34)42)17-47-15-12-19(16-47)37(49)50-3/h4-9,19,28H,10-18H2,1-3H3,(H,44,48). The van der Waals surface area contributed by atoms with E-state index in [1.807, 2.05) is 24.7 Å². The number of amides is 1. The predicted octanol–water partition coefficient (Wildman–Crippen LogP) is 6.60. The van der Waals surface area contributed by atoms with E-state index in [2.05, 4.69) is 15.2 Å². The highest BCUT2D eigenvalue weighted by atomic mass is 35.5. The summed E-state index contributed by atoms with van der Waals surface area (Å²) >= 11 is 6.90. The molecular formula is C37H36ClF4N5O4. The number of likely N-dealkylation sites (tertiary alicyclic amines) is 1. The highest BCUT2D eigenvalue weighted by molar-refractivity contribution is 6.36. The molecule has 3 heterocycles. The molecule has 268 valence electrons. The van der Waals surface area contributed by atoms with Crippen molar-refractivity contribution in [1.82, 2.24) is 19.4 Å². The summed E-state index contributed by atoms with van der Waals surface area (Å²) in [5.74, 6) is -8.51. The molecule has 3 aromatic carbocycles. The van der Waals surface area contributed by atoms with E-state index in [1.165, 1.54) is 7.11 Å². The van der Waals surface area contributed by atoms with E-state index in [0.29, 0.717) is 42.7 Å². The van der Waals surface area contributed by atoms with Gasteiger partial charge in [-0.25, -0.2) is 13.8 Å². The van der Waals surface area contributed by atoms with Gasteiger partial charge in [-0.05, 0) is 55.6 Å². The van der Waals surface area contributed by atoms with E-state index in [9.17, 15) is 9.59 Å². The summed E-state index contributed by atoms with van der Waals surface area (Å²) in [4.78, 5) is 33.5. The average molecular weight is 726 g/mol. The van der Waals surface area contributed by atoms with Crippen LogP contribution < -0.4 is 10.1 Å². The van der Waals surface area contributed by atoms with Crippen molar-refractivity contribution < 1.29 is 36.6 Å². The van der Waals surface area contributed by atoms with Gasteiger partial charge in [-0.15, -0.1) is 0 Å². The first kappa shape index (κ1) is 35.0. The lowest BCUT2D eigenvalue weighted by Crippen LogP contribution is -2.27. The van der Waals surface area contributed by atoms with Crippen molar-refractivity contribution in [3.8, 4) is 16.9 Å². The molecule has 3 aliphatic rings. The van der Waals surface area contributed by atoms with Crippen molar-refractivity contribution in [1.29, 1.82) is 0 Å². The number of nitrogens with zero attached hydrogens (tertiary/aromatic N) is 4. The van der Waals surface area contributed by atoms with Crippen LogP contribution in [0.4, 0.5) is 23.2 Å². The van der Waals surface area contributed by atoms with Crippen LogP contribution in [0, 0.1) is 29.2 Å². The fourth-order valence-electron chi connectivity index (χ4n) is 7.47. The highest BCUT2D eigenvalue weighted by Crippen LogP contribution is 2.44. The van der Waals surface area contributed by atoms with Crippen LogP contribution in [-0.4, -0.2) is 65.0 Å². The predicted molar refractivity (Wildman–Crippen MR) is 181 cm³/mol. The molecule has 1 N–H and O–H groups in total. The molecule has 0 saturated carbocycles. The number of hydrogen-bond donors (Lipinski definition) is 1. The van der Waals surface area contributed by atoms with Gasteiger partial charge in [0.1, 0.15) is 6.10 Å². The topological polar surface area (TPSA) is 88.9 Å². The van der Waals surface area contributed by atoms with Crippen molar-refractivity contribution >= 4 is 29.2 Å². The van der Waals surface area contributed by atoms with Crippen LogP contribution in [0.2, 0.25) is 5.02 Å². The third kappa shape index (κ3) is 6.36. The first-order valence-electron chi connectivity index (χ1n) is 16.7. The van der Waals surface area contributed by atoms with Crippen LogP contribution in [0.15, 0.2) is 36.4 Å². The minimum Gasteiger partial charge on any atom is -0.479 e. The fourth-order valence-corrected chi connectivity index (χ4v) is 7.74. The molecular weight excluding hydrogens is 690 g/mol. The van der Waals surface area contributed by atoms with Crippen LogP contribution in [-0.2, 0) is 42.5 Å². The molecule has 0 bridgehead atoms. The number of esters is 1. The van der Waals surface area contributed by atoms with E-state index >= 15 is 17.6 Å². The summed E-state index contributed by atoms with van der Waals surface area (Å²) in [6, 6.07) is 10.6. The second-order valence-electron chi connectivity index (χ2n) is 13.3. The SMILES string of the molecule is COC(=O)C1CCN(Cc2c(F)c(F)c(OC3CCc4c(-c5cccc(NC(=O)c6nc7c(n6C)CCN(C)C7)c5Cl)cccc43)c(F)c2F)C1. The van der Waals surface area contributed by atoms with Gasteiger partial charge < -0.3 is 24.3 Å². The van der Waals surface area contributed by atoms with Gasteiger partial charge in [0.25, 0.3) is 5.91 Å². The maximum Gasteiger partial charge on any atom is 0.310 e. The summed E-state index contributed by atoms with van der Waals surface area (Å²) in [6.45, 7) is 1.57. The Morgan fingerprint density at radius 2 is 1.69 bits per heavy atom. The van der Waals surface area contributed by atoms with E-state index in [1.54, 1.807) is 35.2 Å². The number of benzene rings is 3. The molecule has 1 saturated heterocycles. The maximum absolute atomic E-state index is 15.4. The maximum atomic E-state index is 15.4. The number of methoxy groups -OCH3 is 1. The normalized spacial score (nSPS) is 18.8. The first-order chi connectivity index (χ1) is 24.5. The number of halogens is 5. The number of hydrogen-bond acceptors (Lipinski definition) is 7. The molecule has 2 unspecified atom stereocenters. The van der Waals surface area contributed by atoms with E-state index in [4.69, 9.17) is 21.1 Å². The molecule has 2 atom stereocenters. The molecule has 1 aliphatic carbocycles. The van der Waals surface area contributed by atoms with Crippen molar-refractivity contribution in [2.75, 3.05) is 39.1 Å². The summed E-state index contributed by atoms with van der Waals surface area (Å²) in [5, 5.41) is 3.18. The second kappa shape index (κ2) is 13.9. The summed E-state index contributed by atoms with van der Waals surface area (Å²) < 4.78 is 73.6. The Balaban J connectivity index is 1.11. The molecule has 2 aliphatic heterocycles. The van der Waals surface area contributed by atoms with E-state index in [0.717, 1.165) is 35.5 Å². The van der Waals surface area contributed by atoms with Gasteiger partial charge in [0, 0.05) is 56.5 Å². The molecule has 14 heteroatoms. The van der Waals surface area contributed by atoms with Crippen molar-refractivity contribution in [3.05, 3.63) is 98.6 Å². The van der Waals surface area contributed by atoms with E-state index < -0.39 is 65.0 Å². The van der Waals surface area contributed by atoms with Crippen LogP contribution >= 0.6 is 11.6 Å². The third-order valence-corrected chi connectivity index (χ3v) is 10.6. The Bertz CT molecular complexity index is 2030. The lowest BCUT2D eigenvalue weighted by atomic mass is 9.96. The number of nitrogens with one attached hydrogen (secondary N) is 1. The first-order valence-corrected chi connectivity index (χ1v) is 17.1. The summed E-state index contributed by atoms with van der Waals surface area (Å²) in [5.41, 5.74) is 4.22. The molecule has 1 aromatic heterocycles. The minimum atomic E-state index is -1.62. The van der Waals surface area contributed by atoms with Gasteiger partial charge in [0.15, 0.2) is 23.2 Å². The number of rotatable bonds is 8. The lowest BCUT2D eigenvalue weighted by Gasteiger charge is -2.21. The number of fused-ring (bicyclic) bond motifs is 2. The Morgan fingerprint density at radius 1 is 0.961 bits per heavy atom. The van der Waals surface area contributed by atoms with Gasteiger partial charge in [0.2, 0.25) is 11.6 Å². The van der Waals surface area contributed by atoms with E-state index in [-0.39, 0.29) is 23.8 Å². The number of ether oxygens (including phenoxy) is 2. The lowest BCUT2D eigenvalue weighted by molar-refractivity contribution is -0.144. The molecule has 1 fully saturated rings. The van der Waals surface area contributed by atoms with Crippen LogP contribution in [0.5, 0.6) is 5.75 Å². The number of anilines is 1. The van der Waals surface area contributed by atoms with Crippen LogP contribution in [0.1, 0.15) is 57.6 Å². The number of likely N-dealkylation sites (N-methyl/N-ethyl adjacent to an activating group) is 1. The van der Waals surface area contributed by atoms with Gasteiger partial charge in [-0.2, -0.15) is 8.78 Å².